The molecule has 3 amide bonds. The number of carbonyl (C=O) groups excluding carboxylic acids is 2. The van der Waals surface area contributed by atoms with Crippen molar-refractivity contribution in [2.24, 2.45) is 11.7 Å². The molecule has 1 aromatic carbocycles. The zero-order chi connectivity index (χ0) is 12.4. The number of benzene rings is 1. The number of rotatable bonds is 2. The molecule has 1 aromatic rings. The molecule has 1 heterocycles. The quantitative estimate of drug-likeness (QED) is 0.427. The topological polar surface area (TPSA) is 101 Å². The van der Waals surface area contributed by atoms with Crippen molar-refractivity contribution in [1.29, 1.82) is 0 Å². The van der Waals surface area contributed by atoms with E-state index >= 15 is 0 Å². The number of carbonyl (C=O) groups is 2. The maximum absolute atomic E-state index is 11.7. The monoisotopic (exact) mass is 233 g/mol. The molecule has 0 radical (unpaired) electrons. The van der Waals surface area contributed by atoms with Gasteiger partial charge in [-0.3, -0.25) is 26.2 Å². The molecule has 17 heavy (non-hydrogen) atoms. The Bertz CT molecular complexity index is 472. The number of para-hydroxylation sites is 1. The van der Waals surface area contributed by atoms with Gasteiger partial charge in [-0.1, -0.05) is 18.2 Å². The number of nitrogens with zero attached hydrogens (tertiary/aromatic N) is 1. The second-order valence-corrected chi connectivity index (χ2v) is 3.79. The summed E-state index contributed by atoms with van der Waals surface area (Å²) in [5, 5.41) is 7.67. The first-order valence-corrected chi connectivity index (χ1v) is 5.15. The largest absolute Gasteiger partial charge is 0.328 e. The van der Waals surface area contributed by atoms with Crippen molar-refractivity contribution >= 4 is 23.5 Å². The molecule has 0 unspecified atom stereocenters. The maximum Gasteiger partial charge on any atom is 0.328 e. The van der Waals surface area contributed by atoms with Crippen molar-refractivity contribution in [3.8, 4) is 0 Å². The Kier molecular flexibility index (Phi) is 2.78. The van der Waals surface area contributed by atoms with E-state index < -0.39 is 17.9 Å². The average Bonchev–Trinajstić information content (AvgIpc) is 2.29. The summed E-state index contributed by atoms with van der Waals surface area (Å²) in [6.45, 7) is 0.164. The van der Waals surface area contributed by atoms with Gasteiger partial charge in [0, 0.05) is 5.69 Å². The van der Waals surface area contributed by atoms with Crippen molar-refractivity contribution in [2.75, 3.05) is 11.4 Å². The molecule has 6 nitrogen and oxygen atoms in total. The van der Waals surface area contributed by atoms with E-state index in [1.165, 1.54) is 4.90 Å². The molecule has 6 heteroatoms. The summed E-state index contributed by atoms with van der Waals surface area (Å²) in [4.78, 5) is 24.6. The van der Waals surface area contributed by atoms with E-state index in [2.05, 4.69) is 5.32 Å². The Morgan fingerprint density at radius 3 is 2.59 bits per heavy atom. The van der Waals surface area contributed by atoms with Gasteiger partial charge in [0.05, 0.1) is 6.54 Å². The summed E-state index contributed by atoms with van der Waals surface area (Å²) >= 11 is 0. The number of nitrogens with two attached hydrogens (primary N) is 2. The number of amides is 3. The van der Waals surface area contributed by atoms with Crippen LogP contribution in [-0.4, -0.2) is 24.3 Å². The van der Waals surface area contributed by atoms with E-state index in [0.717, 1.165) is 0 Å². The number of hydrogen-bond donors (Lipinski definition) is 3. The molecule has 0 aromatic heterocycles. The first-order valence-electron chi connectivity index (χ1n) is 5.15. The third kappa shape index (κ3) is 2.10. The number of hydrogen-bond acceptors (Lipinski definition) is 2. The fraction of sp³-hybridized carbons (Fsp3) is 0.182. The van der Waals surface area contributed by atoms with Gasteiger partial charge in [0.15, 0.2) is 5.92 Å². The Morgan fingerprint density at radius 1 is 1.35 bits per heavy atom. The van der Waals surface area contributed by atoms with Crippen molar-refractivity contribution < 1.29 is 15.0 Å². The minimum Gasteiger partial charge on any atom is -0.293 e. The smallest absolute Gasteiger partial charge is 0.293 e. The van der Waals surface area contributed by atoms with Crippen LogP contribution in [0.25, 0.3) is 0 Å². The zero-order valence-electron chi connectivity index (χ0n) is 9.09. The van der Waals surface area contributed by atoms with Gasteiger partial charge in [-0.15, -0.1) is 0 Å². The molecule has 1 fully saturated rings. The first-order chi connectivity index (χ1) is 8.09. The van der Waals surface area contributed by atoms with Gasteiger partial charge in [0.1, 0.15) is 0 Å². The standard InChI is InChI=1S/C11H12N4O2/c12-9(13)8-6-15(11(17)14-10(8)16)7-4-2-1-3-5-7/h1-5,8H,6H2,(H3,12,13)(H,14,16,17)/p+1/t8-/m0/s1. The summed E-state index contributed by atoms with van der Waals surface area (Å²) in [5.74, 6) is -1.12. The lowest BCUT2D eigenvalue weighted by Crippen LogP contribution is -2.63. The number of urea groups is 1. The highest BCUT2D eigenvalue weighted by Crippen LogP contribution is 2.18. The third-order valence-corrected chi connectivity index (χ3v) is 2.63. The SMILES string of the molecule is NC(=[NH2+])[C@@H]1CN(c2ccccc2)C(=O)NC1=O. The predicted molar refractivity (Wildman–Crippen MR) is 61.9 cm³/mol. The van der Waals surface area contributed by atoms with Crippen LogP contribution < -0.4 is 21.4 Å². The van der Waals surface area contributed by atoms with Crippen LogP contribution in [0.15, 0.2) is 30.3 Å². The summed E-state index contributed by atoms with van der Waals surface area (Å²) in [5.41, 5.74) is 6.14. The van der Waals surface area contributed by atoms with Crippen LogP contribution in [0.3, 0.4) is 0 Å². The molecule has 88 valence electrons. The van der Waals surface area contributed by atoms with Crippen LogP contribution >= 0.6 is 0 Å². The molecule has 1 aliphatic rings. The van der Waals surface area contributed by atoms with Crippen molar-refractivity contribution in [1.82, 2.24) is 5.32 Å². The third-order valence-electron chi connectivity index (χ3n) is 2.63. The van der Waals surface area contributed by atoms with E-state index in [-0.39, 0.29) is 12.4 Å². The first kappa shape index (κ1) is 11.1. The van der Waals surface area contributed by atoms with Gasteiger partial charge >= 0.3 is 6.03 Å². The van der Waals surface area contributed by atoms with Gasteiger partial charge in [-0.25, -0.2) is 4.79 Å². The predicted octanol–water partition coefficient (Wildman–Crippen LogP) is -1.52. The van der Waals surface area contributed by atoms with Gasteiger partial charge in [-0.05, 0) is 12.1 Å². The molecule has 1 atom stereocenters. The highest BCUT2D eigenvalue weighted by molar-refractivity contribution is 6.13. The summed E-state index contributed by atoms with van der Waals surface area (Å²) in [7, 11) is 0. The van der Waals surface area contributed by atoms with E-state index in [1.807, 2.05) is 18.2 Å². The number of amidine groups is 1. The number of imide groups is 1. The van der Waals surface area contributed by atoms with Gasteiger partial charge in [-0.2, -0.15) is 0 Å². The van der Waals surface area contributed by atoms with Crippen LogP contribution in [0.1, 0.15) is 0 Å². The summed E-state index contributed by atoms with van der Waals surface area (Å²) < 4.78 is 0. The van der Waals surface area contributed by atoms with Gasteiger partial charge in [0.25, 0.3) is 5.84 Å². The van der Waals surface area contributed by atoms with E-state index in [1.54, 1.807) is 12.1 Å². The second kappa shape index (κ2) is 4.25. The minimum absolute atomic E-state index is 0.0101. The Balaban J connectivity index is 2.27. The van der Waals surface area contributed by atoms with E-state index in [9.17, 15) is 9.59 Å². The molecule has 2 rings (SSSR count). The lowest BCUT2D eigenvalue weighted by molar-refractivity contribution is -0.132. The van der Waals surface area contributed by atoms with Crippen LogP contribution in [0.2, 0.25) is 0 Å². The Morgan fingerprint density at radius 2 is 2.00 bits per heavy atom. The number of nitrogens with one attached hydrogen (secondary N) is 1. The van der Waals surface area contributed by atoms with E-state index in [0.29, 0.717) is 5.69 Å². The molecule has 0 aliphatic carbocycles. The van der Waals surface area contributed by atoms with Crippen LogP contribution in [0.5, 0.6) is 0 Å². The molecular weight excluding hydrogens is 220 g/mol. The second-order valence-electron chi connectivity index (χ2n) is 3.79. The maximum atomic E-state index is 11.7. The van der Waals surface area contributed by atoms with Crippen molar-refractivity contribution in [2.45, 2.75) is 0 Å². The highest BCUT2D eigenvalue weighted by Gasteiger charge is 2.37. The molecule has 5 N–H and O–H groups in total. The van der Waals surface area contributed by atoms with E-state index in [4.69, 9.17) is 11.1 Å². The highest BCUT2D eigenvalue weighted by atomic mass is 16.2. The Hall–Kier alpha value is -2.37. The van der Waals surface area contributed by atoms with Gasteiger partial charge in [0.2, 0.25) is 5.91 Å². The minimum atomic E-state index is -0.673. The fourth-order valence-corrected chi connectivity index (χ4v) is 1.70. The fourth-order valence-electron chi connectivity index (χ4n) is 1.70. The normalized spacial score (nSPS) is 20.0. The molecule has 0 spiro atoms. The van der Waals surface area contributed by atoms with Gasteiger partial charge < -0.3 is 0 Å². The molecular formula is C11H13N4O2+. The number of anilines is 1. The molecule has 0 saturated carbocycles. The average molecular weight is 233 g/mol. The van der Waals surface area contributed by atoms with Crippen molar-refractivity contribution in [3.05, 3.63) is 30.3 Å². The lowest BCUT2D eigenvalue weighted by Gasteiger charge is -2.30. The molecule has 1 aliphatic heterocycles. The Labute approximate surface area is 97.9 Å². The lowest BCUT2D eigenvalue weighted by atomic mass is 10.0. The summed E-state index contributed by atoms with van der Waals surface area (Å²) in [6.07, 6.45) is 0. The van der Waals surface area contributed by atoms with Crippen LogP contribution in [0, 0.1) is 5.92 Å². The summed E-state index contributed by atoms with van der Waals surface area (Å²) in [6, 6.07) is 8.56. The zero-order valence-corrected chi connectivity index (χ0v) is 9.09. The van der Waals surface area contributed by atoms with Crippen LogP contribution in [0.4, 0.5) is 10.5 Å². The molecule has 0 bridgehead atoms. The molecule has 1 saturated heterocycles. The van der Waals surface area contributed by atoms with Crippen molar-refractivity contribution in [3.63, 3.8) is 0 Å². The van der Waals surface area contributed by atoms with Crippen LogP contribution in [-0.2, 0) is 4.79 Å².